The number of nitrogens with one attached hydrogen (secondary N) is 1. The van der Waals surface area contributed by atoms with Gasteiger partial charge >= 0.3 is 5.69 Å². The molecule has 0 aromatic carbocycles. The van der Waals surface area contributed by atoms with Crippen molar-refractivity contribution in [1.29, 1.82) is 0 Å². The van der Waals surface area contributed by atoms with Crippen LogP contribution in [0.1, 0.15) is 110 Å². The second kappa shape index (κ2) is 15.3. The van der Waals surface area contributed by atoms with E-state index in [0.29, 0.717) is 29.3 Å². The maximum Gasteiger partial charge on any atom is 0.327 e. The number of imidazole rings is 1. The van der Waals surface area contributed by atoms with Gasteiger partial charge in [0.1, 0.15) is 6.10 Å². The third-order valence-corrected chi connectivity index (χ3v) is 11.2. The zero-order valence-corrected chi connectivity index (χ0v) is 28.7. The molecule has 1 spiro atoms. The van der Waals surface area contributed by atoms with E-state index in [1.807, 2.05) is 19.9 Å². The Hall–Kier alpha value is -2.35. The standard InChI is InChI=1S/C28H42N6O4.C4H8O.C2H6.H2O/c1-18(27-12-7-15-34(27)16-8-13-27)38-24-21-23(32-25(35)33(21)2)30-20(31-24)17-19-9-6-11-26(22(19)29)10-4-5-14-28(26,36)37-3;1-2-4-5-3-1;1-2;/h17-18,22,36H,4-16,29H2,1-3H3,(H,30,31,32,35);1-4H2;1-2H3;1H2/b19-17+;;;/t18-,22?,26-,28?;;;/m0.../s1. The number of ether oxygens (including phenoxy) is 3. The molecule has 0 radical (unpaired) electrons. The molecule has 4 atom stereocenters. The molecule has 2 aromatic heterocycles. The van der Waals surface area contributed by atoms with Gasteiger partial charge in [0.25, 0.3) is 0 Å². The molecule has 12 nitrogen and oxygen atoms in total. The van der Waals surface area contributed by atoms with E-state index >= 15 is 0 Å². The summed E-state index contributed by atoms with van der Waals surface area (Å²) in [4.78, 5) is 27.6. The Balaban J connectivity index is 0.000000541. The number of fused-ring (bicyclic) bond motifs is 2. The minimum atomic E-state index is -1.24. The van der Waals surface area contributed by atoms with Crippen LogP contribution in [-0.2, 0) is 16.5 Å². The molecule has 2 unspecified atom stereocenters. The average Bonchev–Trinajstić information content (AvgIpc) is 3.85. The first kappa shape index (κ1) is 36.5. The molecule has 46 heavy (non-hydrogen) atoms. The topological polar surface area (TPSA) is 172 Å². The molecule has 3 saturated heterocycles. The van der Waals surface area contributed by atoms with Crippen molar-refractivity contribution in [2.45, 2.75) is 128 Å². The van der Waals surface area contributed by atoms with E-state index in [2.05, 4.69) is 16.8 Å². The van der Waals surface area contributed by atoms with Gasteiger partial charge in [0, 0.05) is 45.2 Å². The molecule has 0 amide bonds. The van der Waals surface area contributed by atoms with Gasteiger partial charge < -0.3 is 30.5 Å². The van der Waals surface area contributed by atoms with Crippen molar-refractivity contribution >= 4 is 17.2 Å². The van der Waals surface area contributed by atoms with Gasteiger partial charge in [-0.2, -0.15) is 4.98 Å². The summed E-state index contributed by atoms with van der Waals surface area (Å²) in [5, 5.41) is 11.5. The van der Waals surface area contributed by atoms with Crippen LogP contribution in [-0.4, -0.2) is 91.9 Å². The van der Waals surface area contributed by atoms with Gasteiger partial charge in [0.05, 0.1) is 5.54 Å². The smallest absolute Gasteiger partial charge is 0.327 e. The van der Waals surface area contributed by atoms with Crippen molar-refractivity contribution in [2.75, 3.05) is 33.4 Å². The number of rotatable bonds is 5. The molecule has 5 fully saturated rings. The van der Waals surface area contributed by atoms with E-state index in [4.69, 9.17) is 29.9 Å². The van der Waals surface area contributed by atoms with E-state index < -0.39 is 11.2 Å². The number of nitrogens with two attached hydrogens (primary N) is 1. The fourth-order valence-electron chi connectivity index (χ4n) is 8.75. The lowest BCUT2D eigenvalue weighted by Crippen LogP contribution is -2.62. The first-order valence-electron chi connectivity index (χ1n) is 17.4. The molecule has 5 aliphatic rings. The number of nitrogens with zero attached hydrogens (tertiary/aromatic N) is 4. The molecule has 2 saturated carbocycles. The number of aromatic amines is 1. The van der Waals surface area contributed by atoms with Crippen LogP contribution < -0.4 is 16.2 Å². The summed E-state index contributed by atoms with van der Waals surface area (Å²) in [6.45, 7) is 10.4. The first-order valence-corrected chi connectivity index (χ1v) is 17.4. The molecule has 2 aromatic rings. The summed E-state index contributed by atoms with van der Waals surface area (Å²) in [5.74, 6) is -0.349. The monoisotopic (exact) mass is 646 g/mol. The van der Waals surface area contributed by atoms with Crippen molar-refractivity contribution in [3.8, 4) is 5.88 Å². The lowest BCUT2D eigenvalue weighted by atomic mass is 9.58. The normalized spacial score (nSPS) is 30.2. The van der Waals surface area contributed by atoms with Gasteiger partial charge in [-0.3, -0.25) is 14.5 Å². The largest absolute Gasteiger partial charge is 0.471 e. The van der Waals surface area contributed by atoms with Crippen molar-refractivity contribution < 1.29 is 24.8 Å². The number of H-pyrrole nitrogens is 1. The van der Waals surface area contributed by atoms with E-state index in [1.54, 1.807) is 14.2 Å². The molecular weight excluding hydrogens is 588 g/mol. The zero-order chi connectivity index (χ0) is 32.2. The van der Waals surface area contributed by atoms with Crippen LogP contribution in [0.5, 0.6) is 5.88 Å². The first-order chi connectivity index (χ1) is 21.7. The number of aryl methyl sites for hydroxylation is 1. The Labute approximate surface area is 273 Å². The second-order valence-corrected chi connectivity index (χ2v) is 13.4. The molecular formula is C34H58N6O6. The van der Waals surface area contributed by atoms with Crippen LogP contribution in [0.25, 0.3) is 17.2 Å². The molecule has 3 aliphatic heterocycles. The Bertz CT molecular complexity index is 1370. The minimum Gasteiger partial charge on any atom is -0.471 e. The molecule has 5 heterocycles. The Morgan fingerprint density at radius 2 is 1.67 bits per heavy atom. The predicted octanol–water partition coefficient (Wildman–Crippen LogP) is 3.84. The van der Waals surface area contributed by atoms with Crippen molar-refractivity contribution in [3.63, 3.8) is 0 Å². The van der Waals surface area contributed by atoms with Gasteiger partial charge in [0.15, 0.2) is 22.8 Å². The maximum atomic E-state index is 12.6. The Morgan fingerprint density at radius 3 is 2.30 bits per heavy atom. The van der Waals surface area contributed by atoms with Gasteiger partial charge in [-0.15, -0.1) is 0 Å². The van der Waals surface area contributed by atoms with Gasteiger partial charge in [-0.05, 0) is 102 Å². The summed E-state index contributed by atoms with van der Waals surface area (Å²) < 4.78 is 18.8. The highest BCUT2D eigenvalue weighted by Crippen LogP contribution is 2.54. The zero-order valence-electron chi connectivity index (χ0n) is 28.7. The van der Waals surface area contributed by atoms with E-state index in [-0.39, 0.29) is 28.9 Å². The lowest BCUT2D eigenvalue weighted by Gasteiger charge is -2.55. The van der Waals surface area contributed by atoms with Crippen molar-refractivity contribution in [2.24, 2.45) is 18.2 Å². The Morgan fingerprint density at radius 1 is 1.02 bits per heavy atom. The molecule has 0 bridgehead atoms. The number of hydrogen-bond donors (Lipinski definition) is 3. The molecule has 2 aliphatic carbocycles. The van der Waals surface area contributed by atoms with Crippen LogP contribution in [0.3, 0.4) is 0 Å². The van der Waals surface area contributed by atoms with Gasteiger partial charge in [-0.1, -0.05) is 20.3 Å². The van der Waals surface area contributed by atoms with Gasteiger partial charge in [-0.25, -0.2) is 9.78 Å². The second-order valence-electron chi connectivity index (χ2n) is 13.4. The summed E-state index contributed by atoms with van der Waals surface area (Å²) in [6, 6.07) is -0.372. The minimum absolute atomic E-state index is 0. The third kappa shape index (κ3) is 6.53. The number of methoxy groups -OCH3 is 1. The molecule has 7 rings (SSSR count). The van der Waals surface area contributed by atoms with Crippen LogP contribution in [0.15, 0.2) is 10.4 Å². The molecule has 260 valence electrons. The van der Waals surface area contributed by atoms with Crippen LogP contribution in [0, 0.1) is 5.41 Å². The predicted molar refractivity (Wildman–Crippen MR) is 180 cm³/mol. The average molecular weight is 647 g/mol. The summed E-state index contributed by atoms with van der Waals surface area (Å²) in [5.41, 5.74) is 8.20. The maximum absolute atomic E-state index is 12.6. The van der Waals surface area contributed by atoms with E-state index in [9.17, 15) is 9.90 Å². The summed E-state index contributed by atoms with van der Waals surface area (Å²) in [7, 11) is 3.30. The molecule has 12 heteroatoms. The highest BCUT2D eigenvalue weighted by Gasteiger charge is 2.57. The highest BCUT2D eigenvalue weighted by atomic mass is 16.6. The summed E-state index contributed by atoms with van der Waals surface area (Å²) in [6.07, 6.45) is 14.9. The van der Waals surface area contributed by atoms with Crippen LogP contribution in [0.4, 0.5) is 0 Å². The highest BCUT2D eigenvalue weighted by molar-refractivity contribution is 5.77. The number of aromatic nitrogens is 4. The van der Waals surface area contributed by atoms with Crippen molar-refractivity contribution in [3.05, 3.63) is 21.9 Å². The fraction of sp³-hybridized carbons (Fsp3) is 0.794. The summed E-state index contributed by atoms with van der Waals surface area (Å²) >= 11 is 0. The quantitative estimate of drug-likeness (QED) is 0.408. The van der Waals surface area contributed by atoms with E-state index in [1.165, 1.54) is 30.3 Å². The third-order valence-electron chi connectivity index (χ3n) is 11.2. The SMILES string of the molecule is C1CCOC1.CC.COC1(O)CCCC[C@@]12CCC/C(=C\c1nc(O[C@@H](C)C34CCCN3CCC4)c3c(n1)[nH]c(=O)n3C)C2N.O. The number of aliphatic hydroxyl groups is 1. The van der Waals surface area contributed by atoms with E-state index in [0.717, 1.165) is 83.2 Å². The Kier molecular flexibility index (Phi) is 12.1. The number of hydrogen-bond acceptors (Lipinski definition) is 9. The van der Waals surface area contributed by atoms with Crippen LogP contribution in [0.2, 0.25) is 0 Å². The lowest BCUT2D eigenvalue weighted by molar-refractivity contribution is -0.286. The van der Waals surface area contributed by atoms with Crippen LogP contribution >= 0.6 is 0 Å². The molecule has 6 N–H and O–H groups in total. The fourth-order valence-corrected chi connectivity index (χ4v) is 8.75. The van der Waals surface area contributed by atoms with Gasteiger partial charge in [0.2, 0.25) is 5.88 Å². The van der Waals surface area contributed by atoms with Crippen molar-refractivity contribution in [1.82, 2.24) is 24.4 Å².